The smallest absolute Gasteiger partial charge is 0.304 e. The number of hydrogen-bond donors (Lipinski definition) is 1. The number of aliphatic carboxylic acids is 1. The molecule has 0 aliphatic rings. The Kier molecular flexibility index (Phi) is 5.43. The lowest BCUT2D eigenvalue weighted by molar-refractivity contribution is -0.386. The van der Waals surface area contributed by atoms with Gasteiger partial charge in [-0.05, 0) is 27.7 Å². The lowest BCUT2D eigenvalue weighted by Crippen LogP contribution is -2.44. The highest BCUT2D eigenvalue weighted by Crippen LogP contribution is 2.33. The highest BCUT2D eigenvalue weighted by Gasteiger charge is 2.30. The normalized spacial score (nSPS) is 13.2. The molecule has 1 rings (SSSR count). The van der Waals surface area contributed by atoms with Gasteiger partial charge < -0.3 is 5.11 Å². The number of hydrogen-bond acceptors (Lipinski definition) is 4. The Hall–Kier alpha value is -1.95. The van der Waals surface area contributed by atoms with Crippen LogP contribution in [0.25, 0.3) is 0 Å². The third-order valence-corrected chi connectivity index (χ3v) is 3.48. The number of nitrogens with zero attached hydrogens (tertiary/aromatic N) is 2. The maximum Gasteiger partial charge on any atom is 0.304 e. The molecule has 0 bridgehead atoms. The number of carbonyl (C=O) groups is 1. The number of para-hydroxylation sites is 1. The molecular formula is C15H22N2O4. The molecule has 1 unspecified atom stereocenters. The van der Waals surface area contributed by atoms with E-state index < -0.39 is 10.9 Å². The molecule has 21 heavy (non-hydrogen) atoms. The molecule has 0 amide bonds. The number of carboxylic acids is 1. The zero-order valence-corrected chi connectivity index (χ0v) is 12.9. The summed E-state index contributed by atoms with van der Waals surface area (Å²) in [5.41, 5.74) is 0.371. The zero-order chi connectivity index (χ0) is 16.2. The zero-order valence-electron chi connectivity index (χ0n) is 12.9. The summed E-state index contributed by atoms with van der Waals surface area (Å²) in [5.74, 6) is -0.876. The van der Waals surface area contributed by atoms with Gasteiger partial charge in [0.25, 0.3) is 5.69 Å². The van der Waals surface area contributed by atoms with Crippen LogP contribution in [0.15, 0.2) is 24.3 Å². The van der Waals surface area contributed by atoms with E-state index in [0.29, 0.717) is 12.1 Å². The van der Waals surface area contributed by atoms with E-state index in [4.69, 9.17) is 5.11 Å². The van der Waals surface area contributed by atoms with Gasteiger partial charge in [0.15, 0.2) is 0 Å². The van der Waals surface area contributed by atoms with Crippen molar-refractivity contribution in [3.05, 3.63) is 39.9 Å². The van der Waals surface area contributed by atoms with Crippen molar-refractivity contribution >= 4 is 11.7 Å². The number of rotatable bonds is 6. The molecule has 0 spiro atoms. The quantitative estimate of drug-likeness (QED) is 0.643. The van der Waals surface area contributed by atoms with Gasteiger partial charge in [0.05, 0.1) is 11.3 Å². The molecule has 0 aliphatic carbocycles. The molecule has 0 aromatic heterocycles. The van der Waals surface area contributed by atoms with E-state index in [9.17, 15) is 14.9 Å². The molecule has 116 valence electrons. The van der Waals surface area contributed by atoms with Crippen molar-refractivity contribution < 1.29 is 14.8 Å². The topological polar surface area (TPSA) is 83.7 Å². The molecule has 0 saturated heterocycles. The minimum Gasteiger partial charge on any atom is -0.481 e. The van der Waals surface area contributed by atoms with E-state index in [-0.39, 0.29) is 23.7 Å². The van der Waals surface area contributed by atoms with Gasteiger partial charge in [-0.2, -0.15) is 0 Å². The van der Waals surface area contributed by atoms with E-state index >= 15 is 0 Å². The first-order chi connectivity index (χ1) is 9.64. The molecule has 0 aliphatic heterocycles. The maximum atomic E-state index is 11.2. The number of nitro groups is 1. The van der Waals surface area contributed by atoms with Gasteiger partial charge in [0, 0.05) is 29.8 Å². The van der Waals surface area contributed by atoms with Crippen LogP contribution in [0.1, 0.15) is 45.7 Å². The van der Waals surface area contributed by atoms with Gasteiger partial charge in [-0.1, -0.05) is 18.2 Å². The summed E-state index contributed by atoms with van der Waals surface area (Å²) in [6.45, 7) is 8.13. The van der Waals surface area contributed by atoms with E-state index in [1.165, 1.54) is 6.07 Å². The van der Waals surface area contributed by atoms with Crippen molar-refractivity contribution in [3.8, 4) is 0 Å². The minimum atomic E-state index is -0.876. The third-order valence-electron chi connectivity index (χ3n) is 3.48. The van der Waals surface area contributed by atoms with Crippen molar-refractivity contribution in [1.82, 2.24) is 4.90 Å². The highest BCUT2D eigenvalue weighted by molar-refractivity contribution is 5.66. The van der Waals surface area contributed by atoms with Crippen LogP contribution >= 0.6 is 0 Å². The Labute approximate surface area is 124 Å². The van der Waals surface area contributed by atoms with Crippen LogP contribution in [0.3, 0.4) is 0 Å². The minimum absolute atomic E-state index is 0.00222. The van der Waals surface area contributed by atoms with E-state index in [1.54, 1.807) is 18.2 Å². The summed E-state index contributed by atoms with van der Waals surface area (Å²) in [7, 11) is 0. The van der Waals surface area contributed by atoms with Crippen molar-refractivity contribution in [3.63, 3.8) is 0 Å². The van der Waals surface area contributed by atoms with Crippen LogP contribution in [0, 0.1) is 10.1 Å². The van der Waals surface area contributed by atoms with Gasteiger partial charge in [0.2, 0.25) is 0 Å². The predicted molar refractivity (Wildman–Crippen MR) is 80.2 cm³/mol. The van der Waals surface area contributed by atoms with Crippen molar-refractivity contribution in [1.29, 1.82) is 0 Å². The number of nitro benzene ring substituents is 1. The monoisotopic (exact) mass is 294 g/mol. The second-order valence-electron chi connectivity index (χ2n) is 6.00. The second kappa shape index (κ2) is 6.67. The summed E-state index contributed by atoms with van der Waals surface area (Å²) in [6.07, 6.45) is 0.00222. The number of benzene rings is 1. The van der Waals surface area contributed by atoms with Crippen LogP contribution in [0.4, 0.5) is 5.69 Å². The highest BCUT2D eigenvalue weighted by atomic mass is 16.6. The molecule has 0 fully saturated rings. The maximum absolute atomic E-state index is 11.2. The lowest BCUT2D eigenvalue weighted by Gasteiger charge is -2.40. The molecule has 1 N–H and O–H groups in total. The van der Waals surface area contributed by atoms with Crippen LogP contribution < -0.4 is 0 Å². The molecule has 1 aromatic carbocycles. The summed E-state index contributed by atoms with van der Waals surface area (Å²) in [4.78, 5) is 23.6. The third kappa shape index (κ3) is 4.53. The Balaban J connectivity index is 3.14. The molecule has 1 aromatic rings. The standard InChI is InChI=1S/C15H22N2O4/c1-11(12-7-5-6-8-13(12)17(20)21)16(15(2,3)4)10-9-14(18)19/h5-8,11H,9-10H2,1-4H3,(H,18,19). The lowest BCUT2D eigenvalue weighted by atomic mass is 9.97. The van der Waals surface area contributed by atoms with Crippen LogP contribution in [-0.2, 0) is 4.79 Å². The Morgan fingerprint density at radius 1 is 1.38 bits per heavy atom. The van der Waals surface area contributed by atoms with Gasteiger partial charge in [-0.15, -0.1) is 0 Å². The van der Waals surface area contributed by atoms with Crippen molar-refractivity contribution in [2.75, 3.05) is 6.54 Å². The van der Waals surface area contributed by atoms with E-state index in [0.717, 1.165) is 0 Å². The van der Waals surface area contributed by atoms with Gasteiger partial charge in [-0.25, -0.2) is 0 Å². The molecule has 1 atom stereocenters. The first-order valence-electron chi connectivity index (χ1n) is 6.86. The van der Waals surface area contributed by atoms with Crippen molar-refractivity contribution in [2.45, 2.75) is 45.7 Å². The fourth-order valence-electron chi connectivity index (χ4n) is 2.50. The summed E-state index contributed by atoms with van der Waals surface area (Å²) < 4.78 is 0. The Morgan fingerprint density at radius 3 is 2.43 bits per heavy atom. The molecule has 0 heterocycles. The average Bonchev–Trinajstić information content (AvgIpc) is 2.36. The van der Waals surface area contributed by atoms with Crippen molar-refractivity contribution in [2.24, 2.45) is 0 Å². The van der Waals surface area contributed by atoms with Crippen LogP contribution in [-0.4, -0.2) is 33.0 Å². The van der Waals surface area contributed by atoms with E-state index in [2.05, 4.69) is 0 Å². The number of carboxylic acid groups (broad SMARTS) is 1. The van der Waals surface area contributed by atoms with Gasteiger partial charge in [0.1, 0.15) is 0 Å². The first kappa shape index (κ1) is 17.1. The predicted octanol–water partition coefficient (Wildman–Crippen LogP) is 3.23. The van der Waals surface area contributed by atoms with Gasteiger partial charge in [-0.3, -0.25) is 19.8 Å². The fraction of sp³-hybridized carbons (Fsp3) is 0.533. The fourth-order valence-corrected chi connectivity index (χ4v) is 2.50. The Bertz CT molecular complexity index is 523. The summed E-state index contributed by atoms with van der Waals surface area (Å²) >= 11 is 0. The molecule has 0 radical (unpaired) electrons. The van der Waals surface area contributed by atoms with Crippen LogP contribution in [0.5, 0.6) is 0 Å². The molecular weight excluding hydrogens is 272 g/mol. The van der Waals surface area contributed by atoms with Crippen LogP contribution in [0.2, 0.25) is 0 Å². The molecule has 6 nitrogen and oxygen atoms in total. The molecule has 6 heteroatoms. The molecule has 0 saturated carbocycles. The average molecular weight is 294 g/mol. The Morgan fingerprint density at radius 2 is 1.95 bits per heavy atom. The largest absolute Gasteiger partial charge is 0.481 e. The van der Waals surface area contributed by atoms with E-state index in [1.807, 2.05) is 32.6 Å². The SMILES string of the molecule is CC(c1ccccc1[N+](=O)[O-])N(CCC(=O)O)C(C)(C)C. The van der Waals surface area contributed by atoms with Gasteiger partial charge >= 0.3 is 5.97 Å². The summed E-state index contributed by atoms with van der Waals surface area (Å²) in [5, 5.41) is 20.0. The summed E-state index contributed by atoms with van der Waals surface area (Å²) in [6, 6.07) is 6.35. The second-order valence-corrected chi connectivity index (χ2v) is 6.00. The first-order valence-corrected chi connectivity index (χ1v) is 6.86.